The van der Waals surface area contributed by atoms with Crippen molar-refractivity contribution in [3.8, 4) is 0 Å². The maximum Gasteiger partial charge on any atom is 0.239 e. The van der Waals surface area contributed by atoms with Gasteiger partial charge in [0.15, 0.2) is 0 Å². The molecule has 120 valence electrons. The van der Waals surface area contributed by atoms with Gasteiger partial charge in [-0.1, -0.05) is 13.0 Å². The number of carbonyl (C=O) groups excluding carboxylic acids is 2. The Balaban J connectivity index is 2.02. The predicted octanol–water partition coefficient (Wildman–Crippen LogP) is 1.40. The predicted molar refractivity (Wildman–Crippen MR) is 85.6 cm³/mol. The van der Waals surface area contributed by atoms with E-state index in [4.69, 9.17) is 5.11 Å². The lowest BCUT2D eigenvalue weighted by atomic mass is 10.1. The van der Waals surface area contributed by atoms with Gasteiger partial charge in [-0.15, -0.1) is 0 Å². The number of nitrogens with one attached hydrogen (secondary N) is 1. The minimum absolute atomic E-state index is 0.00342. The van der Waals surface area contributed by atoms with Crippen molar-refractivity contribution in [3.05, 3.63) is 29.3 Å². The summed E-state index contributed by atoms with van der Waals surface area (Å²) in [6.07, 6.45) is 0.533. The highest BCUT2D eigenvalue weighted by Gasteiger charge is 2.37. The minimum Gasteiger partial charge on any atom is -0.396 e. The van der Waals surface area contributed by atoms with Crippen molar-refractivity contribution in [2.24, 2.45) is 11.8 Å². The van der Waals surface area contributed by atoms with E-state index in [0.29, 0.717) is 19.5 Å². The molecule has 0 aromatic heterocycles. The number of benzene rings is 1. The molecule has 5 heteroatoms. The largest absolute Gasteiger partial charge is 0.396 e. The maximum atomic E-state index is 12.5. The van der Waals surface area contributed by atoms with E-state index in [1.165, 1.54) is 5.56 Å². The summed E-state index contributed by atoms with van der Waals surface area (Å²) in [6.45, 7) is 6.87. The molecular formula is C17H24N2O3. The van der Waals surface area contributed by atoms with Crippen LogP contribution in [0.1, 0.15) is 24.5 Å². The van der Waals surface area contributed by atoms with Crippen LogP contribution in [0.5, 0.6) is 0 Å². The van der Waals surface area contributed by atoms with Crippen LogP contribution in [0.2, 0.25) is 0 Å². The van der Waals surface area contributed by atoms with Gasteiger partial charge in [0.2, 0.25) is 11.8 Å². The number of aryl methyl sites for hydroxylation is 2. The first-order valence-corrected chi connectivity index (χ1v) is 7.71. The average Bonchev–Trinajstić information content (AvgIpc) is 2.89. The van der Waals surface area contributed by atoms with Crippen LogP contribution in [0.25, 0.3) is 0 Å². The van der Waals surface area contributed by atoms with Crippen LogP contribution in [0, 0.1) is 25.7 Å². The Bertz CT molecular complexity index is 571. The van der Waals surface area contributed by atoms with Crippen molar-refractivity contribution < 1.29 is 14.7 Å². The molecule has 5 nitrogen and oxygen atoms in total. The fourth-order valence-corrected chi connectivity index (χ4v) is 2.54. The Hall–Kier alpha value is -1.88. The molecule has 0 radical (unpaired) electrons. The average molecular weight is 304 g/mol. The van der Waals surface area contributed by atoms with Gasteiger partial charge in [0, 0.05) is 25.4 Å². The molecule has 0 saturated carbocycles. The van der Waals surface area contributed by atoms with E-state index in [1.807, 2.05) is 39.0 Å². The quantitative estimate of drug-likeness (QED) is 0.808. The minimum atomic E-state index is -0.618. The van der Waals surface area contributed by atoms with Crippen LogP contribution in [-0.2, 0) is 9.59 Å². The molecule has 1 aliphatic heterocycles. The van der Waals surface area contributed by atoms with Gasteiger partial charge in [-0.2, -0.15) is 0 Å². The van der Waals surface area contributed by atoms with Crippen LogP contribution in [0.4, 0.5) is 5.69 Å². The van der Waals surface area contributed by atoms with E-state index in [-0.39, 0.29) is 24.3 Å². The van der Waals surface area contributed by atoms with E-state index in [2.05, 4.69) is 5.32 Å². The van der Waals surface area contributed by atoms with Crippen LogP contribution < -0.4 is 10.2 Å². The second-order valence-corrected chi connectivity index (χ2v) is 6.13. The first kappa shape index (κ1) is 16.5. The van der Waals surface area contributed by atoms with Crippen LogP contribution >= 0.6 is 0 Å². The summed E-state index contributed by atoms with van der Waals surface area (Å²) in [5, 5.41) is 11.7. The Morgan fingerprint density at radius 3 is 2.77 bits per heavy atom. The highest BCUT2D eigenvalue weighted by molar-refractivity contribution is 6.09. The van der Waals surface area contributed by atoms with Crippen molar-refractivity contribution in [1.82, 2.24) is 5.32 Å². The SMILES string of the molecule is Cc1ccc(N2CCC(C(=O)NCC(C)CO)C2=O)cc1C. The molecule has 1 aromatic rings. The number of aliphatic hydroxyl groups excluding tert-OH is 1. The second-order valence-electron chi connectivity index (χ2n) is 6.13. The molecule has 1 saturated heterocycles. The summed E-state index contributed by atoms with van der Waals surface area (Å²) < 4.78 is 0. The summed E-state index contributed by atoms with van der Waals surface area (Å²) in [4.78, 5) is 26.3. The number of carbonyl (C=O) groups is 2. The zero-order chi connectivity index (χ0) is 16.3. The highest BCUT2D eigenvalue weighted by Crippen LogP contribution is 2.27. The van der Waals surface area contributed by atoms with E-state index >= 15 is 0 Å². The Morgan fingerprint density at radius 1 is 1.41 bits per heavy atom. The standard InChI is InChI=1S/C17H24N2O3/c1-11(10-20)9-18-16(21)15-6-7-19(17(15)22)14-5-4-12(2)13(3)8-14/h4-5,8,11,15,20H,6-7,9-10H2,1-3H3,(H,18,21). The molecule has 0 aliphatic carbocycles. The maximum absolute atomic E-state index is 12.5. The van der Waals surface area contributed by atoms with Gasteiger partial charge in [0.25, 0.3) is 0 Å². The number of hydrogen-bond acceptors (Lipinski definition) is 3. The van der Waals surface area contributed by atoms with Crippen molar-refractivity contribution in [1.29, 1.82) is 0 Å². The molecule has 1 aliphatic rings. The summed E-state index contributed by atoms with van der Waals surface area (Å²) in [5.74, 6) is -1.00. The van der Waals surface area contributed by atoms with E-state index < -0.39 is 5.92 Å². The first-order valence-electron chi connectivity index (χ1n) is 7.71. The van der Waals surface area contributed by atoms with Crippen LogP contribution in [0.3, 0.4) is 0 Å². The normalized spacial score (nSPS) is 19.4. The molecule has 2 unspecified atom stereocenters. The topological polar surface area (TPSA) is 69.6 Å². The van der Waals surface area contributed by atoms with Crippen LogP contribution in [-0.4, -0.2) is 36.6 Å². The summed E-state index contributed by atoms with van der Waals surface area (Å²) in [5.41, 5.74) is 3.17. The molecule has 2 amide bonds. The molecule has 0 bridgehead atoms. The summed E-state index contributed by atoms with van der Waals surface area (Å²) in [7, 11) is 0. The molecular weight excluding hydrogens is 280 g/mol. The molecule has 0 spiro atoms. The van der Waals surface area contributed by atoms with Crippen molar-refractivity contribution in [2.75, 3.05) is 24.6 Å². The zero-order valence-electron chi connectivity index (χ0n) is 13.4. The van der Waals surface area contributed by atoms with E-state index in [0.717, 1.165) is 11.3 Å². The Labute approximate surface area is 131 Å². The molecule has 1 fully saturated rings. The van der Waals surface area contributed by atoms with E-state index in [9.17, 15) is 9.59 Å². The van der Waals surface area contributed by atoms with Gasteiger partial charge < -0.3 is 15.3 Å². The van der Waals surface area contributed by atoms with Gasteiger partial charge in [-0.25, -0.2) is 0 Å². The Morgan fingerprint density at radius 2 is 2.14 bits per heavy atom. The van der Waals surface area contributed by atoms with Gasteiger partial charge >= 0.3 is 0 Å². The van der Waals surface area contributed by atoms with Crippen molar-refractivity contribution in [3.63, 3.8) is 0 Å². The second kappa shape index (κ2) is 6.92. The Kier molecular flexibility index (Phi) is 5.19. The lowest BCUT2D eigenvalue weighted by molar-refractivity contribution is -0.132. The molecule has 1 aromatic carbocycles. The lowest BCUT2D eigenvalue weighted by Gasteiger charge is -2.18. The number of amides is 2. The van der Waals surface area contributed by atoms with Crippen LogP contribution in [0.15, 0.2) is 18.2 Å². The smallest absolute Gasteiger partial charge is 0.239 e. The fourth-order valence-electron chi connectivity index (χ4n) is 2.54. The van der Waals surface area contributed by atoms with Crippen molar-refractivity contribution >= 4 is 17.5 Å². The van der Waals surface area contributed by atoms with Gasteiger partial charge in [0.05, 0.1) is 0 Å². The molecule has 1 heterocycles. The van der Waals surface area contributed by atoms with Gasteiger partial charge in [-0.05, 0) is 49.4 Å². The van der Waals surface area contributed by atoms with E-state index in [1.54, 1.807) is 4.90 Å². The lowest BCUT2D eigenvalue weighted by Crippen LogP contribution is -2.39. The van der Waals surface area contributed by atoms with Gasteiger partial charge in [-0.3, -0.25) is 9.59 Å². The first-order chi connectivity index (χ1) is 10.4. The molecule has 2 rings (SSSR count). The monoisotopic (exact) mass is 304 g/mol. The molecule has 22 heavy (non-hydrogen) atoms. The third-order valence-electron chi connectivity index (χ3n) is 4.26. The highest BCUT2D eigenvalue weighted by atomic mass is 16.3. The number of anilines is 1. The molecule has 2 atom stereocenters. The summed E-state index contributed by atoms with van der Waals surface area (Å²) in [6, 6.07) is 5.91. The summed E-state index contributed by atoms with van der Waals surface area (Å²) >= 11 is 0. The third kappa shape index (κ3) is 3.47. The zero-order valence-corrected chi connectivity index (χ0v) is 13.4. The van der Waals surface area contributed by atoms with Crippen molar-refractivity contribution in [2.45, 2.75) is 27.2 Å². The van der Waals surface area contributed by atoms with Gasteiger partial charge in [0.1, 0.15) is 5.92 Å². The number of aliphatic hydroxyl groups is 1. The number of rotatable bonds is 5. The molecule has 2 N–H and O–H groups in total. The fraction of sp³-hybridized carbons (Fsp3) is 0.529. The third-order valence-corrected chi connectivity index (χ3v) is 4.26. The number of hydrogen-bond donors (Lipinski definition) is 2. The number of nitrogens with zero attached hydrogens (tertiary/aromatic N) is 1.